The Morgan fingerprint density at radius 1 is 1.24 bits per heavy atom. The fraction of sp³-hybridized carbons (Fsp3) is 0.385. The number of nitrogens with zero attached hydrogens (tertiary/aromatic N) is 3. The standard InChI is InChI=1S/C13H16FN3/c1-3-4-9-17-13(10(2)15-16-17)11-5-7-12(14)8-6-11/h5-8H,3-4,9H2,1-2H3. The van der Waals surface area contributed by atoms with Crippen molar-refractivity contribution in [1.29, 1.82) is 0 Å². The van der Waals surface area contributed by atoms with Gasteiger partial charge in [-0.05, 0) is 37.6 Å². The monoisotopic (exact) mass is 233 g/mol. The van der Waals surface area contributed by atoms with Crippen LogP contribution in [0.15, 0.2) is 24.3 Å². The van der Waals surface area contributed by atoms with Gasteiger partial charge in [0.05, 0.1) is 11.4 Å². The summed E-state index contributed by atoms with van der Waals surface area (Å²) in [6.45, 7) is 4.92. The highest BCUT2D eigenvalue weighted by Crippen LogP contribution is 2.22. The number of aromatic nitrogens is 3. The van der Waals surface area contributed by atoms with E-state index in [0.29, 0.717) is 0 Å². The summed E-state index contributed by atoms with van der Waals surface area (Å²) in [4.78, 5) is 0. The maximum atomic E-state index is 12.9. The van der Waals surface area contributed by atoms with Gasteiger partial charge in [0.2, 0.25) is 0 Å². The Labute approximate surface area is 100 Å². The molecular formula is C13H16FN3. The summed E-state index contributed by atoms with van der Waals surface area (Å²) in [5.74, 6) is -0.223. The van der Waals surface area contributed by atoms with Crippen LogP contribution in [-0.2, 0) is 6.54 Å². The lowest BCUT2D eigenvalue weighted by Gasteiger charge is -2.06. The average Bonchev–Trinajstić information content (AvgIpc) is 2.69. The molecule has 1 aromatic carbocycles. The minimum Gasteiger partial charge on any atom is -0.244 e. The Hall–Kier alpha value is -1.71. The van der Waals surface area contributed by atoms with Crippen molar-refractivity contribution in [3.05, 3.63) is 35.8 Å². The van der Waals surface area contributed by atoms with Gasteiger partial charge in [0.1, 0.15) is 5.82 Å². The molecule has 90 valence electrons. The van der Waals surface area contributed by atoms with Gasteiger partial charge in [0.25, 0.3) is 0 Å². The zero-order valence-electron chi connectivity index (χ0n) is 10.2. The van der Waals surface area contributed by atoms with Crippen LogP contribution in [0.2, 0.25) is 0 Å². The van der Waals surface area contributed by atoms with E-state index < -0.39 is 0 Å². The molecule has 0 saturated carbocycles. The zero-order chi connectivity index (χ0) is 12.3. The van der Waals surface area contributed by atoms with E-state index in [2.05, 4.69) is 17.2 Å². The maximum absolute atomic E-state index is 12.9. The molecule has 0 spiro atoms. The van der Waals surface area contributed by atoms with Crippen molar-refractivity contribution < 1.29 is 4.39 Å². The molecule has 3 nitrogen and oxygen atoms in total. The number of halogens is 1. The van der Waals surface area contributed by atoms with Crippen molar-refractivity contribution in [3.8, 4) is 11.3 Å². The Balaban J connectivity index is 2.36. The Bertz CT molecular complexity index is 488. The average molecular weight is 233 g/mol. The lowest BCUT2D eigenvalue weighted by atomic mass is 10.1. The molecule has 0 bridgehead atoms. The number of aryl methyl sites for hydroxylation is 2. The molecule has 0 amide bonds. The molecule has 1 heterocycles. The highest BCUT2D eigenvalue weighted by molar-refractivity contribution is 5.61. The summed E-state index contributed by atoms with van der Waals surface area (Å²) in [5.41, 5.74) is 2.83. The van der Waals surface area contributed by atoms with Gasteiger partial charge in [0.15, 0.2) is 0 Å². The first-order valence-corrected chi connectivity index (χ1v) is 5.88. The number of hydrogen-bond donors (Lipinski definition) is 0. The number of unbranched alkanes of at least 4 members (excludes halogenated alkanes) is 1. The van der Waals surface area contributed by atoms with Crippen LogP contribution >= 0.6 is 0 Å². The molecule has 0 N–H and O–H groups in total. The number of benzene rings is 1. The molecule has 0 aliphatic heterocycles. The van der Waals surface area contributed by atoms with Crippen molar-refractivity contribution in [2.75, 3.05) is 0 Å². The van der Waals surface area contributed by atoms with Crippen LogP contribution in [0.3, 0.4) is 0 Å². The van der Waals surface area contributed by atoms with Crippen LogP contribution in [0.5, 0.6) is 0 Å². The predicted octanol–water partition coefficient (Wildman–Crippen LogP) is 3.19. The van der Waals surface area contributed by atoms with Crippen LogP contribution in [0.1, 0.15) is 25.5 Å². The molecule has 0 unspecified atom stereocenters. The quantitative estimate of drug-likeness (QED) is 0.812. The fourth-order valence-electron chi connectivity index (χ4n) is 1.83. The van der Waals surface area contributed by atoms with Crippen LogP contribution < -0.4 is 0 Å². The largest absolute Gasteiger partial charge is 0.244 e. The Morgan fingerprint density at radius 2 is 1.94 bits per heavy atom. The molecule has 0 fully saturated rings. The van der Waals surface area contributed by atoms with Gasteiger partial charge in [0, 0.05) is 12.1 Å². The third kappa shape index (κ3) is 2.52. The van der Waals surface area contributed by atoms with Crippen molar-refractivity contribution in [3.63, 3.8) is 0 Å². The first kappa shape index (κ1) is 11.8. The Kier molecular flexibility index (Phi) is 3.52. The highest BCUT2D eigenvalue weighted by atomic mass is 19.1. The topological polar surface area (TPSA) is 30.7 Å². The van der Waals surface area contributed by atoms with Gasteiger partial charge in [-0.3, -0.25) is 0 Å². The smallest absolute Gasteiger partial charge is 0.123 e. The van der Waals surface area contributed by atoms with Crippen molar-refractivity contribution in [2.45, 2.75) is 33.2 Å². The second kappa shape index (κ2) is 5.08. The van der Waals surface area contributed by atoms with Gasteiger partial charge in [-0.2, -0.15) is 0 Å². The van der Waals surface area contributed by atoms with Crippen molar-refractivity contribution in [2.24, 2.45) is 0 Å². The molecule has 4 heteroatoms. The molecule has 0 aliphatic rings. The summed E-state index contributed by atoms with van der Waals surface area (Å²) in [7, 11) is 0. The normalized spacial score (nSPS) is 10.8. The van der Waals surface area contributed by atoms with E-state index in [1.54, 1.807) is 12.1 Å². The van der Waals surface area contributed by atoms with Gasteiger partial charge in [-0.15, -0.1) is 5.10 Å². The van der Waals surface area contributed by atoms with Gasteiger partial charge < -0.3 is 0 Å². The summed E-state index contributed by atoms with van der Waals surface area (Å²) in [5, 5.41) is 8.21. The zero-order valence-corrected chi connectivity index (χ0v) is 10.2. The number of hydrogen-bond acceptors (Lipinski definition) is 2. The first-order valence-electron chi connectivity index (χ1n) is 5.88. The summed E-state index contributed by atoms with van der Waals surface area (Å²) in [6, 6.07) is 6.46. The van der Waals surface area contributed by atoms with Crippen LogP contribution in [0, 0.1) is 12.7 Å². The third-order valence-corrected chi connectivity index (χ3v) is 2.74. The third-order valence-electron chi connectivity index (χ3n) is 2.74. The second-order valence-corrected chi connectivity index (χ2v) is 4.11. The molecule has 2 rings (SSSR count). The molecule has 0 aliphatic carbocycles. The van der Waals surface area contributed by atoms with Crippen molar-refractivity contribution >= 4 is 0 Å². The van der Waals surface area contributed by atoms with E-state index in [1.807, 2.05) is 11.6 Å². The van der Waals surface area contributed by atoms with E-state index in [1.165, 1.54) is 12.1 Å². The fourth-order valence-corrected chi connectivity index (χ4v) is 1.83. The molecule has 0 atom stereocenters. The second-order valence-electron chi connectivity index (χ2n) is 4.11. The highest BCUT2D eigenvalue weighted by Gasteiger charge is 2.11. The first-order chi connectivity index (χ1) is 8.22. The Morgan fingerprint density at radius 3 is 2.59 bits per heavy atom. The molecule has 0 saturated heterocycles. The van der Waals surface area contributed by atoms with Gasteiger partial charge in [-0.25, -0.2) is 9.07 Å². The summed E-state index contributed by atoms with van der Waals surface area (Å²) in [6.07, 6.45) is 2.18. The van der Waals surface area contributed by atoms with E-state index >= 15 is 0 Å². The SMILES string of the molecule is CCCCn1nnc(C)c1-c1ccc(F)cc1. The molecule has 0 radical (unpaired) electrons. The van der Waals surface area contributed by atoms with E-state index in [0.717, 1.165) is 36.3 Å². The molecule has 1 aromatic heterocycles. The van der Waals surface area contributed by atoms with Crippen LogP contribution in [0.25, 0.3) is 11.3 Å². The number of rotatable bonds is 4. The van der Waals surface area contributed by atoms with E-state index in [-0.39, 0.29) is 5.82 Å². The van der Waals surface area contributed by atoms with Crippen LogP contribution in [0.4, 0.5) is 4.39 Å². The lowest BCUT2D eigenvalue weighted by molar-refractivity contribution is 0.557. The molecule has 17 heavy (non-hydrogen) atoms. The van der Waals surface area contributed by atoms with Crippen LogP contribution in [-0.4, -0.2) is 15.0 Å². The maximum Gasteiger partial charge on any atom is 0.123 e. The summed E-state index contributed by atoms with van der Waals surface area (Å²) < 4.78 is 14.8. The lowest BCUT2D eigenvalue weighted by Crippen LogP contribution is -2.02. The van der Waals surface area contributed by atoms with E-state index in [9.17, 15) is 4.39 Å². The predicted molar refractivity (Wildman–Crippen MR) is 65.1 cm³/mol. The molecule has 2 aromatic rings. The van der Waals surface area contributed by atoms with E-state index in [4.69, 9.17) is 0 Å². The van der Waals surface area contributed by atoms with Gasteiger partial charge >= 0.3 is 0 Å². The summed E-state index contributed by atoms with van der Waals surface area (Å²) >= 11 is 0. The van der Waals surface area contributed by atoms with Gasteiger partial charge in [-0.1, -0.05) is 18.6 Å². The minimum atomic E-state index is -0.223. The minimum absolute atomic E-state index is 0.223. The van der Waals surface area contributed by atoms with Crippen molar-refractivity contribution in [1.82, 2.24) is 15.0 Å². The molecular weight excluding hydrogens is 217 g/mol.